The molecule has 0 aliphatic heterocycles. The molecule has 0 aliphatic carbocycles. The zero-order chi connectivity index (χ0) is 22.7. The highest BCUT2D eigenvalue weighted by Gasteiger charge is 2.25. The minimum atomic E-state index is -0.532. The molecule has 8 heteroatoms. The van der Waals surface area contributed by atoms with Crippen LogP contribution in [0.5, 0.6) is 5.88 Å². The molecule has 1 heterocycles. The Bertz CT molecular complexity index is 1300. The van der Waals surface area contributed by atoms with Gasteiger partial charge in [-0.05, 0) is 44.2 Å². The van der Waals surface area contributed by atoms with Crippen LogP contribution in [0.15, 0.2) is 88.7 Å². The molecule has 0 radical (unpaired) electrons. The highest BCUT2D eigenvalue weighted by atomic mass is 32.2. The smallest absolute Gasteiger partial charge is 0.344 e. The topological polar surface area (TPSA) is 87.3 Å². The lowest BCUT2D eigenvalue weighted by Gasteiger charge is -2.10. The lowest BCUT2D eigenvalue weighted by atomic mass is 10.1. The number of ether oxygens (including phenoxy) is 1. The van der Waals surface area contributed by atoms with Crippen molar-refractivity contribution in [1.29, 1.82) is 0 Å². The van der Waals surface area contributed by atoms with Crippen LogP contribution in [-0.2, 0) is 0 Å². The third-order valence-corrected chi connectivity index (χ3v) is 5.92. The van der Waals surface area contributed by atoms with Gasteiger partial charge in [0, 0.05) is 6.07 Å². The lowest BCUT2D eigenvalue weighted by molar-refractivity contribution is -0.387. The van der Waals surface area contributed by atoms with Crippen molar-refractivity contribution in [2.75, 3.05) is 0 Å². The highest BCUT2D eigenvalue weighted by molar-refractivity contribution is 7.99. The number of nitro groups is 1. The van der Waals surface area contributed by atoms with Gasteiger partial charge in [0.25, 0.3) is 5.69 Å². The summed E-state index contributed by atoms with van der Waals surface area (Å²) in [7, 11) is 0. The number of aryl methyl sites for hydroxylation is 2. The molecular formula is C24H19N3O4S. The van der Waals surface area contributed by atoms with Crippen molar-refractivity contribution in [2.45, 2.75) is 23.6 Å². The van der Waals surface area contributed by atoms with Crippen molar-refractivity contribution in [3.05, 3.63) is 106 Å². The first kappa shape index (κ1) is 21.3. The molecule has 7 nitrogen and oxygen atoms in total. The lowest BCUT2D eigenvalue weighted by Crippen LogP contribution is -2.12. The van der Waals surface area contributed by atoms with E-state index in [1.807, 2.05) is 43.3 Å². The van der Waals surface area contributed by atoms with Crippen LogP contribution < -0.4 is 4.74 Å². The number of carbonyl (C=O) groups is 1. The van der Waals surface area contributed by atoms with Crippen LogP contribution in [0.4, 0.5) is 5.69 Å². The number of esters is 1. The summed E-state index contributed by atoms with van der Waals surface area (Å²) in [5.74, 6) is -0.321. The minimum Gasteiger partial charge on any atom is -0.402 e. The largest absolute Gasteiger partial charge is 0.402 e. The Morgan fingerprint density at radius 2 is 1.72 bits per heavy atom. The van der Waals surface area contributed by atoms with Crippen LogP contribution in [-0.4, -0.2) is 20.7 Å². The number of para-hydroxylation sites is 2. The maximum atomic E-state index is 13.0. The number of nitrogens with zero attached hydrogens (tertiary/aromatic N) is 3. The van der Waals surface area contributed by atoms with E-state index in [4.69, 9.17) is 4.74 Å². The van der Waals surface area contributed by atoms with E-state index in [0.29, 0.717) is 26.7 Å². The average Bonchev–Trinajstić information content (AvgIpc) is 3.09. The Kier molecular flexibility index (Phi) is 6.04. The van der Waals surface area contributed by atoms with E-state index in [2.05, 4.69) is 5.10 Å². The second kappa shape index (κ2) is 9.07. The van der Waals surface area contributed by atoms with Gasteiger partial charge in [-0.15, -0.1) is 0 Å². The van der Waals surface area contributed by atoms with Gasteiger partial charge in [-0.25, -0.2) is 4.79 Å². The molecular weight excluding hydrogens is 426 g/mol. The van der Waals surface area contributed by atoms with E-state index in [1.165, 1.54) is 6.07 Å². The van der Waals surface area contributed by atoms with Gasteiger partial charge in [-0.2, -0.15) is 9.78 Å². The molecule has 0 amide bonds. The second-order valence-corrected chi connectivity index (χ2v) is 8.11. The first-order valence-corrected chi connectivity index (χ1v) is 10.6. The van der Waals surface area contributed by atoms with Gasteiger partial charge in [-0.3, -0.25) is 10.1 Å². The third kappa shape index (κ3) is 4.40. The summed E-state index contributed by atoms with van der Waals surface area (Å²) >= 11 is 1.15. The summed E-state index contributed by atoms with van der Waals surface area (Å²) in [6.45, 7) is 3.67. The molecule has 0 unspecified atom stereocenters. The third-order valence-electron chi connectivity index (χ3n) is 4.68. The number of aromatic nitrogens is 2. The summed E-state index contributed by atoms with van der Waals surface area (Å²) in [6.07, 6.45) is 0. The van der Waals surface area contributed by atoms with E-state index in [0.717, 1.165) is 17.3 Å². The molecule has 0 fully saturated rings. The molecule has 0 saturated carbocycles. The fourth-order valence-electron chi connectivity index (χ4n) is 3.17. The minimum absolute atomic E-state index is 0.0275. The molecule has 0 spiro atoms. The van der Waals surface area contributed by atoms with Gasteiger partial charge in [0.2, 0.25) is 5.88 Å². The van der Waals surface area contributed by atoms with Gasteiger partial charge in [0.1, 0.15) is 0 Å². The zero-order valence-electron chi connectivity index (χ0n) is 17.4. The SMILES string of the molecule is Cc1cccc(C(=O)Oc2c(Sc3ccccc3[N+](=O)[O-])c(C)nn2-c2ccccc2)c1. The second-order valence-electron chi connectivity index (χ2n) is 7.05. The van der Waals surface area contributed by atoms with Crippen LogP contribution in [0.25, 0.3) is 5.69 Å². The van der Waals surface area contributed by atoms with Crippen molar-refractivity contribution in [2.24, 2.45) is 0 Å². The van der Waals surface area contributed by atoms with Crippen molar-refractivity contribution in [3.63, 3.8) is 0 Å². The number of nitro benzene ring substituents is 1. The maximum absolute atomic E-state index is 13.0. The van der Waals surface area contributed by atoms with Gasteiger partial charge in [0.15, 0.2) is 0 Å². The first-order chi connectivity index (χ1) is 15.4. The Morgan fingerprint density at radius 3 is 2.44 bits per heavy atom. The Balaban J connectivity index is 1.81. The zero-order valence-corrected chi connectivity index (χ0v) is 18.2. The molecule has 4 aromatic rings. The molecule has 0 aliphatic rings. The molecule has 4 rings (SSSR count). The number of carbonyl (C=O) groups excluding carboxylic acids is 1. The number of benzene rings is 3. The van der Waals surface area contributed by atoms with Crippen LogP contribution in [0.2, 0.25) is 0 Å². The van der Waals surface area contributed by atoms with Crippen LogP contribution >= 0.6 is 11.8 Å². The standard InChI is InChI=1S/C24H19N3O4S/c1-16-9-8-10-18(15-16)24(28)31-23-22(32-21-14-7-6-13-20(21)27(29)30)17(2)25-26(23)19-11-4-3-5-12-19/h3-15H,1-2H3. The van der Waals surface area contributed by atoms with E-state index in [9.17, 15) is 14.9 Å². The molecule has 32 heavy (non-hydrogen) atoms. The van der Waals surface area contributed by atoms with Crippen LogP contribution in [0.1, 0.15) is 21.6 Å². The van der Waals surface area contributed by atoms with Gasteiger partial charge >= 0.3 is 5.97 Å². The van der Waals surface area contributed by atoms with Crippen LogP contribution in [0, 0.1) is 24.0 Å². The fourth-order valence-corrected chi connectivity index (χ4v) is 4.18. The summed E-state index contributed by atoms with van der Waals surface area (Å²) in [4.78, 5) is 25.0. The van der Waals surface area contributed by atoms with Crippen molar-refractivity contribution < 1.29 is 14.5 Å². The average molecular weight is 446 g/mol. The molecule has 0 bridgehead atoms. The van der Waals surface area contributed by atoms with Crippen LogP contribution in [0.3, 0.4) is 0 Å². The van der Waals surface area contributed by atoms with Crippen molar-refractivity contribution in [3.8, 4) is 11.6 Å². The Hall–Kier alpha value is -3.91. The molecule has 0 saturated heterocycles. The summed E-state index contributed by atoms with van der Waals surface area (Å²) in [6, 6.07) is 22.8. The molecule has 160 valence electrons. The molecule has 3 aromatic carbocycles. The van der Waals surface area contributed by atoms with E-state index in [1.54, 1.807) is 48.0 Å². The van der Waals surface area contributed by atoms with Gasteiger partial charge in [-0.1, -0.05) is 59.8 Å². The highest BCUT2D eigenvalue weighted by Crippen LogP contribution is 2.42. The number of rotatable bonds is 6. The number of hydrogen-bond donors (Lipinski definition) is 0. The van der Waals surface area contributed by atoms with Crippen molar-refractivity contribution in [1.82, 2.24) is 9.78 Å². The fraction of sp³-hybridized carbons (Fsp3) is 0.0833. The normalized spacial score (nSPS) is 10.7. The summed E-state index contributed by atoms with van der Waals surface area (Å²) in [5.41, 5.74) is 2.60. The number of hydrogen-bond acceptors (Lipinski definition) is 6. The first-order valence-electron chi connectivity index (χ1n) is 9.79. The van der Waals surface area contributed by atoms with E-state index < -0.39 is 10.9 Å². The summed E-state index contributed by atoms with van der Waals surface area (Å²) < 4.78 is 7.38. The Morgan fingerprint density at radius 1 is 1.00 bits per heavy atom. The van der Waals surface area contributed by atoms with E-state index in [-0.39, 0.29) is 11.6 Å². The van der Waals surface area contributed by atoms with Crippen molar-refractivity contribution >= 4 is 23.4 Å². The monoisotopic (exact) mass is 445 g/mol. The molecule has 0 atom stereocenters. The Labute approximate surface area is 188 Å². The maximum Gasteiger partial charge on any atom is 0.344 e. The van der Waals surface area contributed by atoms with Gasteiger partial charge in [0.05, 0.1) is 31.7 Å². The predicted molar refractivity (Wildman–Crippen MR) is 122 cm³/mol. The van der Waals surface area contributed by atoms with Gasteiger partial charge < -0.3 is 4.74 Å². The molecule has 1 aromatic heterocycles. The summed E-state index contributed by atoms with van der Waals surface area (Å²) in [5, 5.41) is 16.1. The quantitative estimate of drug-likeness (QED) is 0.213. The predicted octanol–water partition coefficient (Wildman–Crippen LogP) is 5.77. The van der Waals surface area contributed by atoms with E-state index >= 15 is 0 Å². The molecule has 0 N–H and O–H groups in total.